The van der Waals surface area contributed by atoms with Crippen LogP contribution < -0.4 is 10.3 Å². The van der Waals surface area contributed by atoms with Crippen molar-refractivity contribution in [3.05, 3.63) is 81.7 Å². The van der Waals surface area contributed by atoms with E-state index in [1.165, 1.54) is 11.3 Å². The summed E-state index contributed by atoms with van der Waals surface area (Å²) < 4.78 is 10.9. The first-order chi connectivity index (χ1) is 16.9. The van der Waals surface area contributed by atoms with Gasteiger partial charge in [-0.25, -0.2) is 4.98 Å². The zero-order chi connectivity index (χ0) is 24.8. The Bertz CT molecular complexity index is 1300. The molecule has 35 heavy (non-hydrogen) atoms. The number of H-pyrrole nitrogens is 1. The number of methoxy groups -OCH3 is 1. The molecule has 8 heteroatoms. The highest BCUT2D eigenvalue weighted by atomic mass is 32.1. The third-order valence-electron chi connectivity index (χ3n) is 5.59. The normalized spacial score (nSPS) is 12.5. The molecule has 1 atom stereocenters. The van der Waals surface area contributed by atoms with Crippen LogP contribution in [0.3, 0.4) is 0 Å². The highest BCUT2D eigenvalue weighted by molar-refractivity contribution is 7.17. The Hall–Kier alpha value is -3.04. The van der Waals surface area contributed by atoms with E-state index in [0.29, 0.717) is 35.7 Å². The molecule has 2 aromatic carbocycles. The molecular formula is C27H31N3O4S. The van der Waals surface area contributed by atoms with Gasteiger partial charge in [-0.05, 0) is 37.1 Å². The van der Waals surface area contributed by atoms with Crippen molar-refractivity contribution in [2.24, 2.45) is 0 Å². The van der Waals surface area contributed by atoms with Gasteiger partial charge in [0.2, 0.25) is 0 Å². The van der Waals surface area contributed by atoms with Gasteiger partial charge in [-0.2, -0.15) is 0 Å². The smallest absolute Gasteiger partial charge is 0.260 e. The van der Waals surface area contributed by atoms with Crippen LogP contribution in [-0.2, 0) is 17.8 Å². The van der Waals surface area contributed by atoms with E-state index in [9.17, 15) is 9.90 Å². The summed E-state index contributed by atoms with van der Waals surface area (Å²) in [5.41, 5.74) is 2.69. The van der Waals surface area contributed by atoms with E-state index in [-0.39, 0.29) is 18.3 Å². The van der Waals surface area contributed by atoms with Crippen molar-refractivity contribution in [2.45, 2.75) is 39.1 Å². The Morgan fingerprint density at radius 1 is 1.11 bits per heavy atom. The van der Waals surface area contributed by atoms with Crippen molar-refractivity contribution >= 4 is 21.6 Å². The van der Waals surface area contributed by atoms with Crippen LogP contribution in [0, 0.1) is 0 Å². The van der Waals surface area contributed by atoms with Gasteiger partial charge in [-0.15, -0.1) is 11.3 Å². The van der Waals surface area contributed by atoms with Crippen LogP contribution >= 0.6 is 11.3 Å². The van der Waals surface area contributed by atoms with Gasteiger partial charge >= 0.3 is 0 Å². The van der Waals surface area contributed by atoms with Gasteiger partial charge < -0.3 is 19.6 Å². The van der Waals surface area contributed by atoms with Gasteiger partial charge in [-0.3, -0.25) is 9.69 Å². The van der Waals surface area contributed by atoms with Crippen LogP contribution in [0.1, 0.15) is 25.2 Å². The lowest BCUT2D eigenvalue weighted by molar-refractivity contribution is -0.0109. The molecule has 0 aliphatic rings. The summed E-state index contributed by atoms with van der Waals surface area (Å²) >= 11 is 1.45. The number of hydrogen-bond donors (Lipinski definition) is 2. The molecule has 0 bridgehead atoms. The van der Waals surface area contributed by atoms with Crippen LogP contribution in [0.15, 0.2) is 64.8 Å². The lowest BCUT2D eigenvalue weighted by atomic mass is 10.1. The van der Waals surface area contributed by atoms with Crippen LogP contribution in [-0.4, -0.2) is 52.4 Å². The fourth-order valence-corrected chi connectivity index (χ4v) is 4.93. The highest BCUT2D eigenvalue weighted by Gasteiger charge is 2.18. The number of benzene rings is 2. The van der Waals surface area contributed by atoms with Gasteiger partial charge in [0.05, 0.1) is 37.9 Å². The molecule has 0 amide bonds. The van der Waals surface area contributed by atoms with Crippen LogP contribution in [0.5, 0.6) is 5.75 Å². The molecule has 0 aliphatic carbocycles. The second-order valence-electron chi connectivity index (χ2n) is 8.77. The quantitative estimate of drug-likeness (QED) is 0.321. The number of nitrogens with zero attached hydrogens (tertiary/aromatic N) is 2. The summed E-state index contributed by atoms with van der Waals surface area (Å²) in [5, 5.41) is 13.1. The van der Waals surface area contributed by atoms with Crippen molar-refractivity contribution < 1.29 is 14.6 Å². The van der Waals surface area contributed by atoms with Crippen LogP contribution in [0.2, 0.25) is 0 Å². The van der Waals surface area contributed by atoms with Crippen molar-refractivity contribution in [3.63, 3.8) is 0 Å². The van der Waals surface area contributed by atoms with E-state index >= 15 is 0 Å². The molecule has 2 N–H and O–H groups in total. The van der Waals surface area contributed by atoms with E-state index in [2.05, 4.69) is 9.88 Å². The summed E-state index contributed by atoms with van der Waals surface area (Å²) in [5.74, 6) is 1.30. The maximum absolute atomic E-state index is 13.1. The van der Waals surface area contributed by atoms with Crippen molar-refractivity contribution in [1.82, 2.24) is 14.9 Å². The Morgan fingerprint density at radius 3 is 2.66 bits per heavy atom. The standard InChI is InChI=1S/C27H31N3O4S/c1-18(2)34-16-21(31)14-30(13-19-8-5-4-6-9-19)15-24-28-26(32)25-23(17-35-27(25)29-24)20-10-7-11-22(12-20)33-3/h4-12,17-18,21,31H,13-16H2,1-3H3,(H,28,29,32). The van der Waals surface area contributed by atoms with E-state index in [0.717, 1.165) is 22.4 Å². The Labute approximate surface area is 209 Å². The highest BCUT2D eigenvalue weighted by Crippen LogP contribution is 2.32. The molecule has 0 spiro atoms. The Kier molecular flexibility index (Phi) is 8.30. The number of ether oxygens (including phenoxy) is 2. The monoisotopic (exact) mass is 493 g/mol. The minimum Gasteiger partial charge on any atom is -0.497 e. The second-order valence-corrected chi connectivity index (χ2v) is 9.62. The SMILES string of the molecule is COc1cccc(-c2csc3nc(CN(Cc4ccccc4)CC(O)COC(C)C)[nH]c(=O)c23)c1. The topological polar surface area (TPSA) is 87.7 Å². The van der Waals surface area contributed by atoms with E-state index in [4.69, 9.17) is 14.5 Å². The Balaban J connectivity index is 1.59. The predicted octanol–water partition coefficient (Wildman–Crippen LogP) is 4.45. The largest absolute Gasteiger partial charge is 0.497 e. The number of hydrogen-bond acceptors (Lipinski definition) is 7. The van der Waals surface area contributed by atoms with Gasteiger partial charge in [0, 0.05) is 24.0 Å². The molecule has 7 nitrogen and oxygen atoms in total. The predicted molar refractivity (Wildman–Crippen MR) is 140 cm³/mol. The summed E-state index contributed by atoms with van der Waals surface area (Å²) in [6.45, 7) is 5.54. The minimum atomic E-state index is -0.655. The van der Waals surface area contributed by atoms with E-state index in [1.54, 1.807) is 7.11 Å². The second kappa shape index (κ2) is 11.6. The zero-order valence-electron chi connectivity index (χ0n) is 20.2. The van der Waals surface area contributed by atoms with Gasteiger partial charge in [-0.1, -0.05) is 42.5 Å². The molecule has 2 heterocycles. The molecule has 0 fully saturated rings. The fourth-order valence-electron chi connectivity index (χ4n) is 3.96. The first-order valence-corrected chi connectivity index (χ1v) is 12.5. The maximum atomic E-state index is 13.1. The number of thiophene rings is 1. The molecule has 0 aliphatic heterocycles. The average molecular weight is 494 g/mol. The lowest BCUT2D eigenvalue weighted by Crippen LogP contribution is -2.35. The summed E-state index contributed by atoms with van der Waals surface area (Å²) in [7, 11) is 1.62. The summed E-state index contributed by atoms with van der Waals surface area (Å²) in [6, 6.07) is 17.7. The van der Waals surface area contributed by atoms with E-state index in [1.807, 2.05) is 73.8 Å². The fraction of sp³-hybridized carbons (Fsp3) is 0.333. The number of aromatic nitrogens is 2. The van der Waals surface area contributed by atoms with Gasteiger partial charge in [0.15, 0.2) is 0 Å². The van der Waals surface area contributed by atoms with Crippen molar-refractivity contribution in [2.75, 3.05) is 20.3 Å². The minimum absolute atomic E-state index is 0.0465. The third-order valence-corrected chi connectivity index (χ3v) is 6.46. The van der Waals surface area contributed by atoms with Gasteiger partial charge in [0.25, 0.3) is 5.56 Å². The molecule has 4 aromatic rings. The molecular weight excluding hydrogens is 462 g/mol. The Morgan fingerprint density at radius 2 is 1.91 bits per heavy atom. The molecule has 0 saturated heterocycles. The molecule has 0 radical (unpaired) electrons. The first-order valence-electron chi connectivity index (χ1n) is 11.6. The van der Waals surface area contributed by atoms with E-state index < -0.39 is 6.10 Å². The average Bonchev–Trinajstić information content (AvgIpc) is 3.28. The maximum Gasteiger partial charge on any atom is 0.260 e. The van der Waals surface area contributed by atoms with Crippen molar-refractivity contribution in [3.8, 4) is 16.9 Å². The number of aromatic amines is 1. The van der Waals surface area contributed by atoms with Crippen LogP contribution in [0.4, 0.5) is 0 Å². The van der Waals surface area contributed by atoms with Crippen molar-refractivity contribution in [1.29, 1.82) is 0 Å². The third kappa shape index (κ3) is 6.55. The summed E-state index contributed by atoms with van der Waals surface area (Å²) in [4.78, 5) is 23.6. The number of aliphatic hydroxyl groups excluding tert-OH is 1. The molecule has 4 rings (SSSR count). The molecule has 1 unspecified atom stereocenters. The van der Waals surface area contributed by atoms with Crippen LogP contribution in [0.25, 0.3) is 21.3 Å². The summed E-state index contributed by atoms with van der Waals surface area (Å²) in [6.07, 6.45) is -0.608. The number of rotatable bonds is 11. The number of fused-ring (bicyclic) bond motifs is 1. The number of nitrogens with one attached hydrogen (secondary N) is 1. The van der Waals surface area contributed by atoms with Gasteiger partial charge in [0.1, 0.15) is 16.4 Å². The molecule has 184 valence electrons. The first kappa shape index (κ1) is 25.1. The lowest BCUT2D eigenvalue weighted by Gasteiger charge is -2.25. The zero-order valence-corrected chi connectivity index (χ0v) is 21.0. The molecule has 0 saturated carbocycles. The molecule has 2 aromatic heterocycles. The number of aliphatic hydroxyl groups is 1.